The molecular weight excluding hydrogens is 344 g/mol. The highest BCUT2D eigenvalue weighted by Gasteiger charge is 2.48. The molecule has 27 heavy (non-hydrogen) atoms. The first-order valence-corrected chi connectivity index (χ1v) is 6.45. The molecule has 0 bridgehead atoms. The van der Waals surface area contributed by atoms with Crippen molar-refractivity contribution in [2.75, 3.05) is 6.61 Å². The number of carbonyl (C=O) groups excluding carboxylic acids is 3. The van der Waals surface area contributed by atoms with Crippen LogP contribution in [0.3, 0.4) is 0 Å². The second kappa shape index (κ2) is 26.8. The Hall–Kier alpha value is -1.39. The van der Waals surface area contributed by atoms with E-state index in [1.165, 1.54) is 0 Å². The Labute approximate surface area is 173 Å². The molecule has 1 heterocycles. The van der Waals surface area contributed by atoms with E-state index in [1.54, 1.807) is 13.8 Å². The quantitative estimate of drug-likeness (QED) is 0.343. The Morgan fingerprint density at radius 1 is 0.926 bits per heavy atom. The minimum Gasteiger partial charge on any atom is -0.466 e. The molecule has 174 valence electrons. The van der Waals surface area contributed by atoms with Crippen LogP contribution in [0.5, 0.6) is 0 Å². The maximum absolute atomic E-state index is 11.9. The predicted octanol–water partition coefficient (Wildman–Crippen LogP) is 7.42. The number of esters is 3. The van der Waals surface area contributed by atoms with Crippen molar-refractivity contribution in [1.82, 2.24) is 0 Å². The zero-order chi connectivity index (χ0) is 13.7. The number of hydrogen-bond donors (Lipinski definition) is 0. The van der Waals surface area contributed by atoms with E-state index in [4.69, 9.17) is 4.74 Å². The molecule has 5 nitrogen and oxygen atoms in total. The van der Waals surface area contributed by atoms with Crippen LogP contribution in [-0.4, -0.2) is 24.5 Å². The van der Waals surface area contributed by atoms with Gasteiger partial charge in [0, 0.05) is 0 Å². The van der Waals surface area contributed by atoms with Crippen LogP contribution in [0.1, 0.15) is 107 Å². The molecule has 1 fully saturated rings. The van der Waals surface area contributed by atoms with Crippen molar-refractivity contribution < 1.29 is 23.9 Å². The average Bonchev–Trinajstić information content (AvgIpc) is 2.56. The summed E-state index contributed by atoms with van der Waals surface area (Å²) in [4.78, 5) is 34.9. The second-order valence-electron chi connectivity index (χ2n) is 4.56. The number of cyclic esters (lactones) is 2. The number of carbonyl (C=O) groups is 3. The van der Waals surface area contributed by atoms with Gasteiger partial charge in [-0.1, -0.05) is 93.5 Å². The first-order chi connectivity index (χ1) is 8.52. The highest BCUT2D eigenvalue weighted by Crippen LogP contribution is 2.33. The van der Waals surface area contributed by atoms with Gasteiger partial charge in [0.15, 0.2) is 0 Å². The molecule has 1 saturated heterocycles. The van der Waals surface area contributed by atoms with Crippen molar-refractivity contribution in [3.8, 4) is 0 Å². The molecule has 0 aromatic carbocycles. The van der Waals surface area contributed by atoms with Crippen LogP contribution >= 0.6 is 0 Å². The van der Waals surface area contributed by atoms with Crippen molar-refractivity contribution in [3.63, 3.8) is 0 Å². The van der Waals surface area contributed by atoms with E-state index in [0.29, 0.717) is 6.42 Å². The number of unbranched alkanes of at least 4 members (excludes halogenated alkanes) is 1. The van der Waals surface area contributed by atoms with Crippen molar-refractivity contribution in [2.24, 2.45) is 17.8 Å². The van der Waals surface area contributed by atoms with Crippen LogP contribution in [0.2, 0.25) is 0 Å². The molecule has 0 aromatic heterocycles. The zero-order valence-electron chi connectivity index (χ0n) is 11.1. The summed E-state index contributed by atoms with van der Waals surface area (Å²) in [5, 5.41) is 0. The van der Waals surface area contributed by atoms with Gasteiger partial charge in [0.05, 0.1) is 24.4 Å². The van der Waals surface area contributed by atoms with E-state index in [0.717, 1.165) is 12.8 Å². The maximum atomic E-state index is 11.9. The fourth-order valence-corrected chi connectivity index (χ4v) is 2.24. The van der Waals surface area contributed by atoms with Gasteiger partial charge >= 0.3 is 17.9 Å². The topological polar surface area (TPSA) is 69.7 Å². The molecule has 0 aliphatic carbocycles. The van der Waals surface area contributed by atoms with Gasteiger partial charge in [-0.15, -0.1) is 0 Å². The lowest BCUT2D eigenvalue weighted by Gasteiger charge is -2.20. The average molecular weight is 401 g/mol. The van der Waals surface area contributed by atoms with Crippen LogP contribution in [0.15, 0.2) is 0 Å². The van der Waals surface area contributed by atoms with Crippen molar-refractivity contribution >= 4 is 17.9 Å². The zero-order valence-corrected chi connectivity index (χ0v) is 11.1. The summed E-state index contributed by atoms with van der Waals surface area (Å²) < 4.78 is 9.58. The van der Waals surface area contributed by atoms with Gasteiger partial charge in [-0.3, -0.25) is 14.4 Å². The summed E-state index contributed by atoms with van der Waals surface area (Å²) in [7, 11) is 0. The largest absolute Gasteiger partial charge is 0.466 e. The van der Waals surface area contributed by atoms with Crippen LogP contribution in [-0.2, 0) is 23.9 Å². The Morgan fingerprint density at radius 3 is 1.67 bits per heavy atom. The summed E-state index contributed by atoms with van der Waals surface area (Å²) in [6.45, 7) is 5.61. The normalized spacial score (nSPS) is 16.6. The molecule has 0 aromatic rings. The second-order valence-corrected chi connectivity index (χ2v) is 4.56. The van der Waals surface area contributed by atoms with Gasteiger partial charge in [-0.2, -0.15) is 0 Å². The molecule has 5 heteroatoms. The van der Waals surface area contributed by atoms with Gasteiger partial charge < -0.3 is 9.47 Å². The van der Waals surface area contributed by atoms with E-state index < -0.39 is 35.7 Å². The lowest BCUT2D eigenvalue weighted by atomic mass is 9.81. The number of rotatable bonds is 6. The van der Waals surface area contributed by atoms with Gasteiger partial charge in [-0.05, 0) is 13.3 Å². The summed E-state index contributed by atoms with van der Waals surface area (Å²) in [6, 6.07) is 0. The summed E-state index contributed by atoms with van der Waals surface area (Å²) >= 11 is 0. The third-order valence-electron chi connectivity index (χ3n) is 3.28. The van der Waals surface area contributed by atoms with E-state index in [2.05, 4.69) is 4.74 Å². The molecule has 3 unspecified atom stereocenters. The molecule has 0 N–H and O–H groups in total. The number of hydrogen-bond acceptors (Lipinski definition) is 5. The van der Waals surface area contributed by atoms with Crippen molar-refractivity contribution in [1.29, 1.82) is 0 Å². The van der Waals surface area contributed by atoms with E-state index in [1.807, 2.05) is 6.92 Å². The molecule has 0 spiro atoms. The highest BCUT2D eigenvalue weighted by atomic mass is 16.6. The lowest BCUT2D eigenvalue weighted by Crippen LogP contribution is -2.32. The Balaban J connectivity index is -0.0000000514. The standard InChI is InChI=1S/C13H20O5.9CH4/c1-4-6-7-9(12(15)17-5-2)10-8(3)11(14)18-13(10)16;;;;;;;;;/h8-10H,4-7H2,1-3H3;9*1H4. The molecule has 1 aliphatic heterocycles. The lowest BCUT2D eigenvalue weighted by molar-refractivity contribution is -0.158. The number of ether oxygens (including phenoxy) is 2. The Kier molecular flexibility index (Phi) is 55.9. The van der Waals surface area contributed by atoms with Crippen molar-refractivity contribution in [3.05, 3.63) is 0 Å². The van der Waals surface area contributed by atoms with Gasteiger partial charge in [0.25, 0.3) is 0 Å². The molecule has 0 saturated carbocycles. The first kappa shape index (κ1) is 56.2. The smallest absolute Gasteiger partial charge is 0.318 e. The van der Waals surface area contributed by atoms with E-state index in [-0.39, 0.29) is 73.4 Å². The van der Waals surface area contributed by atoms with Crippen LogP contribution < -0.4 is 0 Å². The van der Waals surface area contributed by atoms with Crippen LogP contribution in [0, 0.1) is 17.8 Å². The van der Waals surface area contributed by atoms with E-state index >= 15 is 0 Å². The molecule has 0 radical (unpaired) electrons. The molecule has 1 aliphatic rings. The highest BCUT2D eigenvalue weighted by molar-refractivity contribution is 5.98. The molecule has 3 atom stereocenters. The Bertz CT molecular complexity index is 340. The monoisotopic (exact) mass is 400 g/mol. The summed E-state index contributed by atoms with van der Waals surface area (Å²) in [5.74, 6) is -3.38. The van der Waals surface area contributed by atoms with Gasteiger partial charge in [-0.25, -0.2) is 0 Å². The van der Waals surface area contributed by atoms with Crippen molar-refractivity contribution in [2.45, 2.75) is 107 Å². The van der Waals surface area contributed by atoms with Gasteiger partial charge in [0.1, 0.15) is 0 Å². The van der Waals surface area contributed by atoms with E-state index in [9.17, 15) is 14.4 Å². The SMILES string of the molecule is C.C.C.C.C.C.C.C.C.CCCCC(C(=O)OCC)C1C(=O)OC(=O)C1C. The molecule has 0 amide bonds. The fraction of sp³-hybridized carbons (Fsp3) is 0.864. The first-order valence-electron chi connectivity index (χ1n) is 6.45. The predicted molar refractivity (Wildman–Crippen MR) is 124 cm³/mol. The van der Waals surface area contributed by atoms with Crippen LogP contribution in [0.25, 0.3) is 0 Å². The summed E-state index contributed by atoms with van der Waals surface area (Å²) in [5.41, 5.74) is 0. The molecular formula is C22H56O5. The third-order valence-corrected chi connectivity index (χ3v) is 3.28. The summed E-state index contributed by atoms with van der Waals surface area (Å²) in [6.07, 6.45) is 2.28. The minimum atomic E-state index is -0.692. The molecule has 1 rings (SSSR count). The van der Waals surface area contributed by atoms with Gasteiger partial charge in [0.2, 0.25) is 0 Å². The fourth-order valence-electron chi connectivity index (χ4n) is 2.24. The van der Waals surface area contributed by atoms with Crippen LogP contribution in [0.4, 0.5) is 0 Å². The minimum absolute atomic E-state index is 0. The maximum Gasteiger partial charge on any atom is 0.318 e. The Morgan fingerprint density at radius 2 is 1.37 bits per heavy atom. The third kappa shape index (κ3) is 14.3.